The third-order valence-corrected chi connectivity index (χ3v) is 4.67. The lowest BCUT2D eigenvalue weighted by molar-refractivity contribution is 0.0948. The molecule has 3 heterocycles. The first-order valence-corrected chi connectivity index (χ1v) is 8.59. The maximum absolute atomic E-state index is 12.3. The van der Waals surface area contributed by atoms with Crippen LogP contribution in [-0.2, 0) is 6.42 Å². The zero-order chi connectivity index (χ0) is 17.2. The molecule has 2 N–H and O–H groups in total. The highest BCUT2D eigenvalue weighted by Crippen LogP contribution is 2.29. The number of nitrogens with zero attached hydrogens (tertiary/aromatic N) is 3. The Bertz CT molecular complexity index is 851. The van der Waals surface area contributed by atoms with Crippen LogP contribution in [0.3, 0.4) is 0 Å². The molecule has 1 aliphatic heterocycles. The monoisotopic (exact) mass is 339 g/mol. The SMILES string of the molecule is CN1CCCC1c1cc(C(=O)NCCc2nc3ccccc3o2)n[nH]1. The van der Waals surface area contributed by atoms with E-state index in [2.05, 4.69) is 32.4 Å². The molecule has 1 aromatic carbocycles. The van der Waals surface area contributed by atoms with Gasteiger partial charge < -0.3 is 9.73 Å². The highest BCUT2D eigenvalue weighted by atomic mass is 16.3. The van der Waals surface area contributed by atoms with Gasteiger partial charge in [-0.15, -0.1) is 0 Å². The van der Waals surface area contributed by atoms with Gasteiger partial charge in [0.25, 0.3) is 5.91 Å². The summed E-state index contributed by atoms with van der Waals surface area (Å²) in [6.45, 7) is 1.53. The highest BCUT2D eigenvalue weighted by Gasteiger charge is 2.25. The maximum atomic E-state index is 12.3. The number of aromatic amines is 1. The van der Waals surface area contributed by atoms with Crippen LogP contribution in [0.4, 0.5) is 0 Å². The molecule has 1 aliphatic rings. The molecule has 4 rings (SSSR count). The van der Waals surface area contributed by atoms with Crippen molar-refractivity contribution in [2.45, 2.75) is 25.3 Å². The lowest BCUT2D eigenvalue weighted by Crippen LogP contribution is -2.26. The molecule has 1 amide bonds. The largest absolute Gasteiger partial charge is 0.441 e. The van der Waals surface area contributed by atoms with E-state index in [0.29, 0.717) is 30.6 Å². The van der Waals surface area contributed by atoms with E-state index in [4.69, 9.17) is 4.42 Å². The van der Waals surface area contributed by atoms with Gasteiger partial charge in [0.2, 0.25) is 0 Å². The molecular weight excluding hydrogens is 318 g/mol. The van der Waals surface area contributed by atoms with Gasteiger partial charge >= 0.3 is 0 Å². The summed E-state index contributed by atoms with van der Waals surface area (Å²) >= 11 is 0. The predicted molar refractivity (Wildman–Crippen MR) is 93.2 cm³/mol. The number of fused-ring (bicyclic) bond motifs is 1. The van der Waals surface area contributed by atoms with Crippen LogP contribution < -0.4 is 5.32 Å². The van der Waals surface area contributed by atoms with Crippen LogP contribution in [-0.4, -0.2) is 46.1 Å². The Labute approximate surface area is 145 Å². The van der Waals surface area contributed by atoms with Crippen LogP contribution in [0.2, 0.25) is 0 Å². The standard InChI is InChI=1S/C18H21N5O2/c1-23-10-4-6-15(23)13-11-14(22-21-13)18(24)19-9-8-17-20-12-5-2-3-7-16(12)25-17/h2-3,5,7,11,15H,4,6,8-10H2,1H3,(H,19,24)(H,21,22). The number of nitrogens with one attached hydrogen (secondary N) is 2. The van der Waals surface area contributed by atoms with Crippen LogP contribution in [0, 0.1) is 0 Å². The fourth-order valence-electron chi connectivity index (χ4n) is 3.33. The molecule has 25 heavy (non-hydrogen) atoms. The first-order valence-electron chi connectivity index (χ1n) is 8.59. The van der Waals surface area contributed by atoms with Crippen molar-refractivity contribution in [1.29, 1.82) is 0 Å². The zero-order valence-corrected chi connectivity index (χ0v) is 14.2. The zero-order valence-electron chi connectivity index (χ0n) is 14.2. The number of aromatic nitrogens is 3. The van der Waals surface area contributed by atoms with Gasteiger partial charge in [0.15, 0.2) is 11.5 Å². The second kappa shape index (κ2) is 6.68. The molecule has 1 fully saturated rings. The fourth-order valence-corrected chi connectivity index (χ4v) is 3.33. The van der Waals surface area contributed by atoms with E-state index in [9.17, 15) is 4.79 Å². The number of rotatable bonds is 5. The van der Waals surface area contributed by atoms with E-state index in [0.717, 1.165) is 29.8 Å². The summed E-state index contributed by atoms with van der Waals surface area (Å²) in [7, 11) is 2.10. The quantitative estimate of drug-likeness (QED) is 0.745. The van der Waals surface area contributed by atoms with Crippen molar-refractivity contribution in [3.8, 4) is 0 Å². The van der Waals surface area contributed by atoms with Crippen molar-refractivity contribution in [3.63, 3.8) is 0 Å². The number of para-hydroxylation sites is 2. The third kappa shape index (κ3) is 3.28. The van der Waals surface area contributed by atoms with Crippen molar-refractivity contribution in [3.05, 3.63) is 47.6 Å². The number of carbonyl (C=O) groups excluding carboxylic acids is 1. The van der Waals surface area contributed by atoms with Crippen molar-refractivity contribution >= 4 is 17.0 Å². The number of benzene rings is 1. The Morgan fingerprint density at radius 1 is 1.44 bits per heavy atom. The second-order valence-corrected chi connectivity index (χ2v) is 6.43. The number of oxazole rings is 1. The minimum atomic E-state index is -0.181. The Morgan fingerprint density at radius 2 is 2.32 bits per heavy atom. The van der Waals surface area contributed by atoms with Crippen molar-refractivity contribution in [2.75, 3.05) is 20.1 Å². The smallest absolute Gasteiger partial charge is 0.271 e. The van der Waals surface area contributed by atoms with Gasteiger partial charge in [-0.1, -0.05) is 12.1 Å². The molecule has 1 atom stereocenters. The second-order valence-electron chi connectivity index (χ2n) is 6.43. The Hall–Kier alpha value is -2.67. The number of hydrogen-bond acceptors (Lipinski definition) is 5. The summed E-state index contributed by atoms with van der Waals surface area (Å²) in [4.78, 5) is 18.9. The minimum Gasteiger partial charge on any atom is -0.441 e. The Balaban J connectivity index is 1.33. The first-order chi connectivity index (χ1) is 12.2. The lowest BCUT2D eigenvalue weighted by atomic mass is 10.1. The first kappa shape index (κ1) is 15.8. The van der Waals surface area contributed by atoms with Gasteiger partial charge in [0.05, 0.1) is 11.7 Å². The van der Waals surface area contributed by atoms with Gasteiger partial charge in [-0.3, -0.25) is 14.8 Å². The van der Waals surface area contributed by atoms with E-state index in [1.54, 1.807) is 0 Å². The lowest BCUT2D eigenvalue weighted by Gasteiger charge is -2.16. The molecule has 0 aliphatic carbocycles. The summed E-state index contributed by atoms with van der Waals surface area (Å²) in [5.41, 5.74) is 3.03. The van der Waals surface area contributed by atoms with Crippen LogP contribution >= 0.6 is 0 Å². The van der Waals surface area contributed by atoms with Crippen LogP contribution in [0.15, 0.2) is 34.7 Å². The molecule has 7 heteroatoms. The number of amides is 1. The van der Waals surface area contributed by atoms with Gasteiger partial charge in [-0.25, -0.2) is 4.98 Å². The average Bonchev–Trinajstić information content (AvgIpc) is 3.32. The Kier molecular flexibility index (Phi) is 4.23. The molecule has 7 nitrogen and oxygen atoms in total. The number of likely N-dealkylation sites (tertiary alicyclic amines) is 1. The summed E-state index contributed by atoms with van der Waals surface area (Å²) < 4.78 is 5.65. The molecule has 1 unspecified atom stereocenters. The van der Waals surface area contributed by atoms with E-state index in [-0.39, 0.29) is 5.91 Å². The molecule has 0 bridgehead atoms. The van der Waals surface area contributed by atoms with E-state index >= 15 is 0 Å². The van der Waals surface area contributed by atoms with Gasteiger partial charge in [-0.05, 0) is 44.6 Å². The summed E-state index contributed by atoms with van der Waals surface area (Å²) in [5, 5.41) is 10.0. The Morgan fingerprint density at radius 3 is 3.12 bits per heavy atom. The summed E-state index contributed by atoms with van der Waals surface area (Å²) in [6.07, 6.45) is 2.81. The molecular formula is C18H21N5O2. The molecule has 130 valence electrons. The van der Waals surface area contributed by atoms with Crippen molar-refractivity contribution < 1.29 is 9.21 Å². The normalized spacial score (nSPS) is 18.0. The van der Waals surface area contributed by atoms with E-state index in [1.807, 2.05) is 30.3 Å². The molecule has 2 aromatic heterocycles. The maximum Gasteiger partial charge on any atom is 0.271 e. The topological polar surface area (TPSA) is 87.1 Å². The third-order valence-electron chi connectivity index (χ3n) is 4.67. The van der Waals surface area contributed by atoms with Crippen LogP contribution in [0.5, 0.6) is 0 Å². The van der Waals surface area contributed by atoms with Gasteiger partial charge in [0.1, 0.15) is 11.2 Å². The number of H-pyrrole nitrogens is 1. The number of carbonyl (C=O) groups is 1. The van der Waals surface area contributed by atoms with Gasteiger partial charge in [-0.2, -0.15) is 5.10 Å². The predicted octanol–water partition coefficient (Wildman–Crippen LogP) is 2.29. The molecule has 0 spiro atoms. The molecule has 3 aromatic rings. The average molecular weight is 339 g/mol. The van der Waals surface area contributed by atoms with Crippen molar-refractivity contribution in [2.24, 2.45) is 0 Å². The van der Waals surface area contributed by atoms with E-state index in [1.165, 1.54) is 6.42 Å². The molecule has 0 saturated carbocycles. The van der Waals surface area contributed by atoms with Crippen LogP contribution in [0.25, 0.3) is 11.1 Å². The minimum absolute atomic E-state index is 0.181. The fraction of sp³-hybridized carbons (Fsp3) is 0.389. The van der Waals surface area contributed by atoms with E-state index < -0.39 is 0 Å². The highest BCUT2D eigenvalue weighted by molar-refractivity contribution is 5.92. The van der Waals surface area contributed by atoms with Gasteiger partial charge in [0, 0.05) is 13.0 Å². The molecule has 1 saturated heterocycles. The summed E-state index contributed by atoms with van der Waals surface area (Å²) in [5.74, 6) is 0.441. The van der Waals surface area contributed by atoms with Crippen LogP contribution in [0.1, 0.15) is 41.0 Å². The summed E-state index contributed by atoms with van der Waals surface area (Å²) in [6, 6.07) is 9.81. The number of hydrogen-bond donors (Lipinski definition) is 2. The van der Waals surface area contributed by atoms with Crippen molar-refractivity contribution in [1.82, 2.24) is 25.4 Å². The molecule has 0 radical (unpaired) electrons.